The molecule has 0 radical (unpaired) electrons. The van der Waals surface area contributed by atoms with Gasteiger partial charge in [-0.3, -0.25) is 4.68 Å². The van der Waals surface area contributed by atoms with Crippen molar-refractivity contribution in [1.29, 1.82) is 0 Å². The third kappa shape index (κ3) is 6.42. The molecule has 0 unspecified atom stereocenters. The molecule has 0 saturated carbocycles. The Morgan fingerprint density at radius 3 is 2.52 bits per heavy atom. The van der Waals surface area contributed by atoms with Gasteiger partial charge in [-0.15, -0.1) is 0 Å². The second-order valence-electron chi connectivity index (χ2n) is 7.39. The number of hydrogen-bond donors (Lipinski definition) is 2. The Morgan fingerprint density at radius 2 is 1.87 bits per heavy atom. The minimum absolute atomic E-state index is 0.360. The van der Waals surface area contributed by atoms with Crippen molar-refractivity contribution < 1.29 is 8.42 Å². The third-order valence-corrected chi connectivity index (χ3v) is 6.12. The van der Waals surface area contributed by atoms with Crippen molar-refractivity contribution in [2.24, 2.45) is 4.99 Å². The van der Waals surface area contributed by atoms with Crippen LogP contribution in [-0.2, 0) is 29.5 Å². The molecule has 1 heterocycles. The molecule has 0 aliphatic heterocycles. The van der Waals surface area contributed by atoms with E-state index in [9.17, 15) is 8.42 Å². The molecule has 164 valence electrons. The van der Waals surface area contributed by atoms with Gasteiger partial charge in [0.15, 0.2) is 15.8 Å². The molecule has 0 saturated heterocycles. The highest BCUT2D eigenvalue weighted by Crippen LogP contribution is 2.17. The minimum atomic E-state index is -3.22. The van der Waals surface area contributed by atoms with Crippen LogP contribution in [0.4, 0.5) is 0 Å². The summed E-state index contributed by atoms with van der Waals surface area (Å²) in [6, 6.07) is 15.5. The van der Waals surface area contributed by atoms with Gasteiger partial charge in [-0.1, -0.05) is 36.4 Å². The van der Waals surface area contributed by atoms with Gasteiger partial charge in [-0.2, -0.15) is 5.10 Å². The van der Waals surface area contributed by atoms with E-state index in [1.165, 1.54) is 17.4 Å². The quantitative estimate of drug-likeness (QED) is 0.416. The van der Waals surface area contributed by atoms with Crippen molar-refractivity contribution >= 4 is 15.8 Å². The first kappa shape index (κ1) is 22.6. The molecule has 8 heteroatoms. The zero-order chi connectivity index (χ0) is 22.3. The summed E-state index contributed by atoms with van der Waals surface area (Å²) in [6.45, 7) is 6.37. The summed E-state index contributed by atoms with van der Waals surface area (Å²) in [5.41, 5.74) is 4.07. The summed E-state index contributed by atoms with van der Waals surface area (Å²) >= 11 is 0. The number of aryl methyl sites for hydroxylation is 1. The SMILES string of the molecule is CCNC(=NCc1ccc(S(C)(=O)=O)c(C)c1)NCc1ccccc1Cn1cccn1. The number of nitrogens with zero attached hydrogens (tertiary/aromatic N) is 3. The van der Waals surface area contributed by atoms with Gasteiger partial charge in [0, 0.05) is 31.7 Å². The standard InChI is InChI=1S/C23H29N5O2S/c1-4-24-23(25-15-19-10-11-22(18(2)14-19)31(3,29)30)26-16-20-8-5-6-9-21(20)17-28-13-7-12-27-28/h5-14H,4,15-17H2,1-3H3,(H2,24,25,26). The molecule has 0 aliphatic carbocycles. The smallest absolute Gasteiger partial charge is 0.191 e. The highest BCUT2D eigenvalue weighted by atomic mass is 32.2. The van der Waals surface area contributed by atoms with E-state index in [1.807, 2.05) is 55.1 Å². The number of guanidine groups is 1. The summed E-state index contributed by atoms with van der Waals surface area (Å²) in [6.07, 6.45) is 4.96. The Bertz CT molecular complexity index is 1140. The van der Waals surface area contributed by atoms with Crippen molar-refractivity contribution in [1.82, 2.24) is 20.4 Å². The van der Waals surface area contributed by atoms with Gasteiger partial charge in [0.2, 0.25) is 0 Å². The number of nitrogens with one attached hydrogen (secondary N) is 2. The molecular formula is C23H29N5O2S. The van der Waals surface area contributed by atoms with Crippen LogP contribution in [-0.4, -0.2) is 37.0 Å². The lowest BCUT2D eigenvalue weighted by Gasteiger charge is -2.14. The zero-order valence-electron chi connectivity index (χ0n) is 18.2. The molecule has 1 aromatic heterocycles. The molecule has 2 aromatic carbocycles. The largest absolute Gasteiger partial charge is 0.357 e. The summed E-state index contributed by atoms with van der Waals surface area (Å²) in [7, 11) is -3.22. The molecule has 0 atom stereocenters. The molecule has 7 nitrogen and oxygen atoms in total. The number of sulfone groups is 1. The van der Waals surface area contributed by atoms with Crippen molar-refractivity contribution in [2.45, 2.75) is 38.4 Å². The van der Waals surface area contributed by atoms with E-state index in [0.29, 0.717) is 30.5 Å². The number of aliphatic imine (C=N–C) groups is 1. The van der Waals surface area contributed by atoms with E-state index in [-0.39, 0.29) is 0 Å². The molecule has 2 N–H and O–H groups in total. The van der Waals surface area contributed by atoms with Crippen LogP contribution >= 0.6 is 0 Å². The van der Waals surface area contributed by atoms with E-state index < -0.39 is 9.84 Å². The number of rotatable bonds is 8. The maximum absolute atomic E-state index is 11.8. The van der Waals surface area contributed by atoms with Crippen LogP contribution in [0.15, 0.2) is 70.8 Å². The summed E-state index contributed by atoms with van der Waals surface area (Å²) in [5.74, 6) is 0.709. The maximum atomic E-state index is 11.8. The van der Waals surface area contributed by atoms with Crippen LogP contribution in [0, 0.1) is 6.92 Å². The van der Waals surface area contributed by atoms with Crippen molar-refractivity contribution in [3.05, 3.63) is 83.2 Å². The van der Waals surface area contributed by atoms with E-state index in [2.05, 4.69) is 32.9 Å². The molecule has 3 rings (SSSR count). The molecule has 0 aliphatic rings. The average molecular weight is 440 g/mol. The van der Waals surface area contributed by atoms with Crippen LogP contribution in [0.2, 0.25) is 0 Å². The number of hydrogen-bond acceptors (Lipinski definition) is 4. The van der Waals surface area contributed by atoms with Crippen LogP contribution in [0.25, 0.3) is 0 Å². The van der Waals surface area contributed by atoms with Gasteiger partial charge in [0.25, 0.3) is 0 Å². The molecule has 0 amide bonds. The maximum Gasteiger partial charge on any atom is 0.191 e. The lowest BCUT2D eigenvalue weighted by Crippen LogP contribution is -2.37. The Hall–Kier alpha value is -3.13. The van der Waals surface area contributed by atoms with E-state index in [0.717, 1.165) is 17.7 Å². The summed E-state index contributed by atoms with van der Waals surface area (Å²) in [5, 5.41) is 10.9. The second kappa shape index (κ2) is 10.3. The van der Waals surface area contributed by atoms with Crippen LogP contribution in [0.5, 0.6) is 0 Å². The van der Waals surface area contributed by atoms with Gasteiger partial charge < -0.3 is 10.6 Å². The first-order valence-electron chi connectivity index (χ1n) is 10.2. The number of benzene rings is 2. The fourth-order valence-electron chi connectivity index (χ4n) is 3.37. The topological polar surface area (TPSA) is 88.4 Å². The monoisotopic (exact) mass is 439 g/mol. The fraction of sp³-hybridized carbons (Fsp3) is 0.304. The highest BCUT2D eigenvalue weighted by molar-refractivity contribution is 7.90. The second-order valence-corrected chi connectivity index (χ2v) is 9.38. The Balaban J connectivity index is 1.69. The average Bonchev–Trinajstić information content (AvgIpc) is 3.23. The summed E-state index contributed by atoms with van der Waals surface area (Å²) in [4.78, 5) is 5.02. The molecule has 3 aromatic rings. The van der Waals surface area contributed by atoms with Crippen molar-refractivity contribution in [2.75, 3.05) is 12.8 Å². The Labute approximate surface area is 184 Å². The van der Waals surface area contributed by atoms with Gasteiger partial charge in [-0.25, -0.2) is 13.4 Å². The van der Waals surface area contributed by atoms with E-state index in [1.54, 1.807) is 12.3 Å². The Morgan fingerprint density at radius 1 is 1.10 bits per heavy atom. The van der Waals surface area contributed by atoms with Gasteiger partial charge in [0.05, 0.1) is 18.0 Å². The van der Waals surface area contributed by atoms with E-state index >= 15 is 0 Å². The van der Waals surface area contributed by atoms with Crippen LogP contribution < -0.4 is 10.6 Å². The zero-order valence-corrected chi connectivity index (χ0v) is 19.0. The van der Waals surface area contributed by atoms with Crippen LogP contribution in [0.3, 0.4) is 0 Å². The first-order chi connectivity index (χ1) is 14.9. The van der Waals surface area contributed by atoms with Crippen molar-refractivity contribution in [3.63, 3.8) is 0 Å². The summed E-state index contributed by atoms with van der Waals surface area (Å²) < 4.78 is 25.5. The minimum Gasteiger partial charge on any atom is -0.357 e. The predicted molar refractivity (Wildman–Crippen MR) is 124 cm³/mol. The first-order valence-corrected chi connectivity index (χ1v) is 12.1. The molecular weight excluding hydrogens is 410 g/mol. The lowest BCUT2D eigenvalue weighted by molar-refractivity contribution is 0.601. The van der Waals surface area contributed by atoms with Gasteiger partial charge in [-0.05, 0) is 48.2 Å². The van der Waals surface area contributed by atoms with Crippen LogP contribution in [0.1, 0.15) is 29.2 Å². The lowest BCUT2D eigenvalue weighted by atomic mass is 10.1. The highest BCUT2D eigenvalue weighted by Gasteiger charge is 2.11. The number of aromatic nitrogens is 2. The van der Waals surface area contributed by atoms with Gasteiger partial charge >= 0.3 is 0 Å². The van der Waals surface area contributed by atoms with Crippen molar-refractivity contribution in [3.8, 4) is 0 Å². The fourth-order valence-corrected chi connectivity index (χ4v) is 4.33. The molecule has 0 fully saturated rings. The Kier molecular flexibility index (Phi) is 7.46. The predicted octanol–water partition coefficient (Wildman–Crippen LogP) is 2.90. The molecule has 0 spiro atoms. The van der Waals surface area contributed by atoms with E-state index in [4.69, 9.17) is 0 Å². The molecule has 0 bridgehead atoms. The third-order valence-electron chi connectivity index (χ3n) is 4.86. The molecule has 31 heavy (non-hydrogen) atoms. The normalized spacial score (nSPS) is 12.0. The van der Waals surface area contributed by atoms with Gasteiger partial charge in [0.1, 0.15) is 0 Å².